The molecule has 0 aliphatic carbocycles. The van der Waals surface area contributed by atoms with Gasteiger partial charge in [-0.15, -0.1) is 0 Å². The predicted octanol–water partition coefficient (Wildman–Crippen LogP) is 4.89. The average Bonchev–Trinajstić information content (AvgIpc) is 3.54. The Hall–Kier alpha value is -3.21. The molecule has 1 saturated heterocycles. The van der Waals surface area contributed by atoms with Crippen LogP contribution in [-0.4, -0.2) is 76.7 Å². The number of aliphatic hydroxyl groups is 1. The molecule has 4 rings (SSSR count). The number of rotatable bonds is 11. The third-order valence-corrected chi connectivity index (χ3v) is 7.50. The zero-order chi connectivity index (χ0) is 28.8. The summed E-state index contributed by atoms with van der Waals surface area (Å²) in [5.41, 5.74) is 4.71. The number of carbonyl (C=O) groups is 1. The van der Waals surface area contributed by atoms with Crippen molar-refractivity contribution in [3.63, 3.8) is 0 Å². The summed E-state index contributed by atoms with van der Waals surface area (Å²) < 4.78 is 16.6. The number of amides is 1. The van der Waals surface area contributed by atoms with Gasteiger partial charge in [0.1, 0.15) is 24.2 Å². The van der Waals surface area contributed by atoms with Crippen LogP contribution in [0, 0.1) is 20.8 Å². The minimum atomic E-state index is -0.651. The Bertz CT molecular complexity index is 1310. The number of hydrogen-bond donors (Lipinski definition) is 2. The SMILES string of the molecule is CCOC(=O)N1CCC[C@@H]1CCc1nc(-c2cc(OC[C@@H](O)CNC)ccc2Cl)nc(-c2c(C)noc2C)c1C. The highest BCUT2D eigenvalue weighted by Crippen LogP contribution is 2.35. The Kier molecular flexibility index (Phi) is 9.99. The zero-order valence-corrected chi connectivity index (χ0v) is 24.5. The summed E-state index contributed by atoms with van der Waals surface area (Å²) in [6.45, 7) is 9.18. The molecule has 216 valence electrons. The van der Waals surface area contributed by atoms with Gasteiger partial charge >= 0.3 is 6.09 Å². The van der Waals surface area contributed by atoms with Crippen LogP contribution in [0.5, 0.6) is 5.75 Å². The number of aryl methyl sites for hydroxylation is 3. The third-order valence-electron chi connectivity index (χ3n) is 7.17. The molecule has 10 nitrogen and oxygen atoms in total. The Morgan fingerprint density at radius 2 is 2.10 bits per heavy atom. The minimum absolute atomic E-state index is 0.0868. The van der Waals surface area contributed by atoms with Crippen molar-refractivity contribution in [2.75, 3.05) is 33.4 Å². The van der Waals surface area contributed by atoms with Gasteiger partial charge in [-0.2, -0.15) is 0 Å². The number of aliphatic hydroxyl groups excluding tert-OH is 1. The average molecular weight is 572 g/mol. The molecule has 11 heteroatoms. The van der Waals surface area contributed by atoms with Gasteiger partial charge in [0.25, 0.3) is 0 Å². The number of carbonyl (C=O) groups excluding carboxylic acids is 1. The molecule has 3 heterocycles. The van der Waals surface area contributed by atoms with Gasteiger partial charge in [-0.1, -0.05) is 16.8 Å². The molecule has 1 aliphatic rings. The van der Waals surface area contributed by atoms with E-state index in [1.54, 1.807) is 25.2 Å². The van der Waals surface area contributed by atoms with E-state index >= 15 is 0 Å². The second-order valence-electron chi connectivity index (χ2n) is 10.1. The maximum atomic E-state index is 12.5. The van der Waals surface area contributed by atoms with Crippen LogP contribution in [0.4, 0.5) is 4.79 Å². The van der Waals surface area contributed by atoms with Crippen molar-refractivity contribution in [1.29, 1.82) is 0 Å². The fraction of sp³-hybridized carbons (Fsp3) is 0.517. The summed E-state index contributed by atoms with van der Waals surface area (Å²) in [6.07, 6.45) is 2.36. The summed E-state index contributed by atoms with van der Waals surface area (Å²) in [5.74, 6) is 1.67. The molecule has 1 amide bonds. The lowest BCUT2D eigenvalue weighted by Gasteiger charge is -2.24. The molecule has 2 N–H and O–H groups in total. The summed E-state index contributed by atoms with van der Waals surface area (Å²) >= 11 is 6.66. The van der Waals surface area contributed by atoms with Crippen molar-refractivity contribution in [2.24, 2.45) is 0 Å². The Labute approximate surface area is 240 Å². The summed E-state index contributed by atoms with van der Waals surface area (Å²) in [4.78, 5) is 24.2. The van der Waals surface area contributed by atoms with Crippen LogP contribution in [-0.2, 0) is 11.2 Å². The van der Waals surface area contributed by atoms with E-state index in [9.17, 15) is 9.90 Å². The number of likely N-dealkylation sites (N-methyl/N-ethyl adjacent to an activating group) is 1. The molecule has 0 spiro atoms. The van der Waals surface area contributed by atoms with Crippen LogP contribution in [0.15, 0.2) is 22.7 Å². The topological polar surface area (TPSA) is 123 Å². The first-order valence-electron chi connectivity index (χ1n) is 13.7. The van der Waals surface area contributed by atoms with Gasteiger partial charge in [-0.05, 0) is 84.2 Å². The predicted molar refractivity (Wildman–Crippen MR) is 153 cm³/mol. The molecule has 2 atom stereocenters. The standard InChI is InChI=1S/C29H38ClN5O5/c1-6-38-29(37)35-13-7-8-20(35)9-12-25-17(2)27(26-18(3)34-40-19(26)4)33-28(32-25)23-14-22(10-11-24(23)30)39-16-21(36)15-31-5/h10-11,14,20-21,31,36H,6-9,12-13,15-16H2,1-5H3/t20-,21+/m1/s1. The van der Waals surface area contributed by atoms with Gasteiger partial charge in [-0.25, -0.2) is 14.8 Å². The molecule has 1 aromatic carbocycles. The number of benzene rings is 1. The number of halogens is 1. The van der Waals surface area contributed by atoms with Crippen LogP contribution < -0.4 is 10.1 Å². The fourth-order valence-corrected chi connectivity index (χ4v) is 5.33. The van der Waals surface area contributed by atoms with Gasteiger partial charge in [0.15, 0.2) is 5.82 Å². The first-order chi connectivity index (χ1) is 19.2. The molecular formula is C29H38ClN5O5. The molecule has 40 heavy (non-hydrogen) atoms. The molecular weight excluding hydrogens is 534 g/mol. The van der Waals surface area contributed by atoms with Crippen LogP contribution in [0.3, 0.4) is 0 Å². The van der Waals surface area contributed by atoms with Gasteiger partial charge in [-0.3, -0.25) is 0 Å². The number of likely N-dealkylation sites (tertiary alicyclic amines) is 1. The van der Waals surface area contributed by atoms with E-state index in [4.69, 9.17) is 35.6 Å². The number of hydrogen-bond acceptors (Lipinski definition) is 9. The van der Waals surface area contributed by atoms with Gasteiger partial charge < -0.3 is 29.3 Å². The van der Waals surface area contributed by atoms with Crippen LogP contribution >= 0.6 is 11.6 Å². The minimum Gasteiger partial charge on any atom is -0.491 e. The summed E-state index contributed by atoms with van der Waals surface area (Å²) in [5, 5.41) is 17.6. The first kappa shape index (κ1) is 29.8. The van der Waals surface area contributed by atoms with Crippen molar-refractivity contribution < 1.29 is 23.9 Å². The van der Waals surface area contributed by atoms with E-state index in [2.05, 4.69) is 10.5 Å². The lowest BCUT2D eigenvalue weighted by molar-refractivity contribution is 0.101. The van der Waals surface area contributed by atoms with E-state index < -0.39 is 6.10 Å². The molecule has 0 radical (unpaired) electrons. The van der Waals surface area contributed by atoms with Crippen molar-refractivity contribution in [3.8, 4) is 28.4 Å². The second-order valence-corrected chi connectivity index (χ2v) is 10.5. The Balaban J connectivity index is 1.70. The molecule has 0 saturated carbocycles. The van der Waals surface area contributed by atoms with Gasteiger partial charge in [0.2, 0.25) is 0 Å². The molecule has 0 bridgehead atoms. The maximum absolute atomic E-state index is 12.5. The zero-order valence-electron chi connectivity index (χ0n) is 23.8. The molecule has 0 unspecified atom stereocenters. The summed E-state index contributed by atoms with van der Waals surface area (Å²) in [7, 11) is 1.77. The van der Waals surface area contributed by atoms with Crippen molar-refractivity contribution in [2.45, 2.75) is 65.5 Å². The van der Waals surface area contributed by atoms with E-state index in [0.29, 0.717) is 54.0 Å². The third kappa shape index (κ3) is 6.74. The molecule has 1 aliphatic heterocycles. The largest absolute Gasteiger partial charge is 0.491 e. The highest BCUT2D eigenvalue weighted by atomic mass is 35.5. The van der Waals surface area contributed by atoms with Gasteiger partial charge in [0, 0.05) is 30.4 Å². The van der Waals surface area contributed by atoms with Gasteiger partial charge in [0.05, 0.1) is 28.6 Å². The van der Waals surface area contributed by atoms with Crippen LogP contribution in [0.1, 0.15) is 48.9 Å². The lowest BCUT2D eigenvalue weighted by atomic mass is 9.99. The second kappa shape index (κ2) is 13.4. The Morgan fingerprint density at radius 3 is 2.80 bits per heavy atom. The highest BCUT2D eigenvalue weighted by Gasteiger charge is 2.30. The van der Waals surface area contributed by atoms with Crippen molar-refractivity contribution >= 4 is 17.7 Å². The van der Waals surface area contributed by atoms with Crippen LogP contribution in [0.25, 0.3) is 22.6 Å². The quantitative estimate of drug-likeness (QED) is 0.331. The van der Waals surface area contributed by atoms with E-state index in [1.165, 1.54) is 0 Å². The molecule has 1 fully saturated rings. The fourth-order valence-electron chi connectivity index (χ4n) is 5.13. The maximum Gasteiger partial charge on any atom is 0.409 e. The lowest BCUT2D eigenvalue weighted by Crippen LogP contribution is -2.36. The summed E-state index contributed by atoms with van der Waals surface area (Å²) in [6, 6.07) is 5.38. The monoisotopic (exact) mass is 571 g/mol. The normalized spacial score (nSPS) is 15.9. The number of ether oxygens (including phenoxy) is 2. The van der Waals surface area contributed by atoms with E-state index in [-0.39, 0.29) is 18.7 Å². The number of aromatic nitrogens is 3. The number of nitrogens with one attached hydrogen (secondary N) is 1. The first-order valence-corrected chi connectivity index (χ1v) is 14.1. The van der Waals surface area contributed by atoms with Crippen LogP contribution in [0.2, 0.25) is 5.02 Å². The number of nitrogens with zero attached hydrogens (tertiary/aromatic N) is 4. The van der Waals surface area contributed by atoms with Crippen molar-refractivity contribution in [1.82, 2.24) is 25.3 Å². The Morgan fingerprint density at radius 1 is 1.30 bits per heavy atom. The van der Waals surface area contributed by atoms with Crippen molar-refractivity contribution in [3.05, 3.63) is 45.9 Å². The molecule has 3 aromatic rings. The van der Waals surface area contributed by atoms with E-state index in [0.717, 1.165) is 47.5 Å². The highest BCUT2D eigenvalue weighted by molar-refractivity contribution is 6.33. The molecule has 2 aromatic heterocycles. The van der Waals surface area contributed by atoms with E-state index in [1.807, 2.05) is 32.6 Å². The smallest absolute Gasteiger partial charge is 0.409 e.